The molecule has 0 spiro atoms. The van der Waals surface area contributed by atoms with Gasteiger partial charge in [-0.3, -0.25) is 4.90 Å². The maximum absolute atomic E-state index is 6.04. The molecule has 0 amide bonds. The minimum absolute atomic E-state index is 0.756. The normalized spacial score (nSPS) is 17.2. The van der Waals surface area contributed by atoms with E-state index in [9.17, 15) is 0 Å². The zero-order valence-corrected chi connectivity index (χ0v) is 12.8. The van der Waals surface area contributed by atoms with Crippen molar-refractivity contribution in [3.05, 3.63) is 29.3 Å². The molecule has 1 aromatic carbocycles. The Balaban J connectivity index is 2.08. The van der Waals surface area contributed by atoms with E-state index in [4.69, 9.17) is 23.8 Å². The number of benzene rings is 1. The van der Waals surface area contributed by atoms with Crippen molar-refractivity contribution in [1.82, 2.24) is 4.90 Å². The number of nitrogens with zero attached hydrogens (tertiary/aromatic N) is 2. The molecule has 0 aromatic heterocycles. The average Bonchev–Trinajstić information content (AvgIpc) is 2.38. The molecule has 2 rings (SSSR count). The molecule has 0 radical (unpaired) electrons. The molecule has 2 nitrogen and oxygen atoms in total. The summed E-state index contributed by atoms with van der Waals surface area (Å²) in [5.74, 6) is 0.996. The van der Waals surface area contributed by atoms with E-state index in [1.165, 1.54) is 12.8 Å². The first-order valence-electron chi connectivity index (χ1n) is 6.13. The van der Waals surface area contributed by atoms with Crippen LogP contribution in [0.4, 0.5) is 5.69 Å². The summed E-state index contributed by atoms with van der Waals surface area (Å²) < 4.78 is 0.935. The van der Waals surface area contributed by atoms with Crippen LogP contribution in [0.15, 0.2) is 24.3 Å². The van der Waals surface area contributed by atoms with Gasteiger partial charge in [-0.25, -0.2) is 0 Å². The summed E-state index contributed by atoms with van der Waals surface area (Å²) in [5, 5.41) is 0.756. The van der Waals surface area contributed by atoms with Crippen LogP contribution in [-0.4, -0.2) is 28.3 Å². The van der Waals surface area contributed by atoms with Crippen molar-refractivity contribution in [2.45, 2.75) is 19.8 Å². The Morgan fingerprint density at radius 3 is 3.00 bits per heavy atom. The van der Waals surface area contributed by atoms with Crippen molar-refractivity contribution in [1.29, 1.82) is 0 Å². The van der Waals surface area contributed by atoms with Crippen LogP contribution in [0, 0.1) is 0 Å². The highest BCUT2D eigenvalue weighted by molar-refractivity contribution is 8.23. The second kappa shape index (κ2) is 6.75. The smallest absolute Gasteiger partial charge is 0.143 e. The van der Waals surface area contributed by atoms with Crippen LogP contribution in [-0.2, 0) is 0 Å². The van der Waals surface area contributed by atoms with Crippen LogP contribution >= 0.6 is 35.6 Å². The Morgan fingerprint density at radius 1 is 1.44 bits per heavy atom. The standard InChI is InChI=1S/C13H17ClN2S2/c1-2-3-7-15-9-16(13(17)18-10-15)12-6-4-5-11(14)8-12/h4-6,8H,2-3,7,9-10H2,1H3. The van der Waals surface area contributed by atoms with Gasteiger partial charge in [-0.2, -0.15) is 0 Å². The zero-order chi connectivity index (χ0) is 13.0. The monoisotopic (exact) mass is 300 g/mol. The summed E-state index contributed by atoms with van der Waals surface area (Å²) in [4.78, 5) is 4.58. The summed E-state index contributed by atoms with van der Waals surface area (Å²) in [6.45, 7) is 4.21. The fourth-order valence-corrected chi connectivity index (χ4v) is 3.20. The van der Waals surface area contributed by atoms with Gasteiger partial charge in [-0.1, -0.05) is 55.0 Å². The van der Waals surface area contributed by atoms with E-state index in [0.29, 0.717) is 0 Å². The van der Waals surface area contributed by atoms with Crippen molar-refractivity contribution in [2.75, 3.05) is 24.0 Å². The fraction of sp³-hybridized carbons (Fsp3) is 0.462. The molecule has 18 heavy (non-hydrogen) atoms. The van der Waals surface area contributed by atoms with E-state index in [1.54, 1.807) is 11.8 Å². The fourth-order valence-electron chi connectivity index (χ4n) is 1.87. The van der Waals surface area contributed by atoms with Gasteiger partial charge in [0, 0.05) is 17.3 Å². The summed E-state index contributed by atoms with van der Waals surface area (Å²) in [6, 6.07) is 7.88. The van der Waals surface area contributed by atoms with Crippen LogP contribution < -0.4 is 4.90 Å². The molecule has 0 atom stereocenters. The third-order valence-electron chi connectivity index (χ3n) is 2.88. The number of thioether (sulfide) groups is 1. The Morgan fingerprint density at radius 2 is 2.28 bits per heavy atom. The zero-order valence-electron chi connectivity index (χ0n) is 10.4. The number of unbranched alkanes of at least 4 members (excludes halogenated alkanes) is 1. The highest BCUT2D eigenvalue weighted by Crippen LogP contribution is 2.27. The first kappa shape index (κ1) is 14.1. The lowest BCUT2D eigenvalue weighted by Crippen LogP contribution is -2.45. The van der Waals surface area contributed by atoms with E-state index in [1.807, 2.05) is 18.2 Å². The minimum atomic E-state index is 0.756. The molecular weight excluding hydrogens is 284 g/mol. The molecule has 1 saturated heterocycles. The summed E-state index contributed by atoms with van der Waals surface area (Å²) >= 11 is 13.2. The predicted molar refractivity (Wildman–Crippen MR) is 85.5 cm³/mol. The number of hydrogen-bond acceptors (Lipinski definition) is 3. The van der Waals surface area contributed by atoms with Gasteiger partial charge in [0.05, 0.1) is 12.5 Å². The highest BCUT2D eigenvalue weighted by Gasteiger charge is 2.22. The van der Waals surface area contributed by atoms with E-state index in [-0.39, 0.29) is 0 Å². The molecule has 1 fully saturated rings. The van der Waals surface area contributed by atoms with E-state index in [2.05, 4.69) is 22.8 Å². The van der Waals surface area contributed by atoms with Crippen LogP contribution in [0.5, 0.6) is 0 Å². The number of halogens is 1. The van der Waals surface area contributed by atoms with Gasteiger partial charge in [0.15, 0.2) is 0 Å². The number of rotatable bonds is 4. The second-order valence-electron chi connectivity index (χ2n) is 4.34. The van der Waals surface area contributed by atoms with Gasteiger partial charge in [-0.15, -0.1) is 0 Å². The van der Waals surface area contributed by atoms with Gasteiger partial charge in [0.25, 0.3) is 0 Å². The molecule has 1 heterocycles. The molecule has 0 aliphatic carbocycles. The number of anilines is 1. The lowest BCUT2D eigenvalue weighted by atomic mass is 10.3. The quantitative estimate of drug-likeness (QED) is 0.769. The third-order valence-corrected chi connectivity index (χ3v) is 4.65. The van der Waals surface area contributed by atoms with Gasteiger partial charge < -0.3 is 4.90 Å². The van der Waals surface area contributed by atoms with Crippen molar-refractivity contribution < 1.29 is 0 Å². The molecular formula is C13H17ClN2S2. The van der Waals surface area contributed by atoms with Crippen LogP contribution in [0.1, 0.15) is 19.8 Å². The Hall–Kier alpha value is -0.290. The molecule has 98 valence electrons. The van der Waals surface area contributed by atoms with Crippen molar-refractivity contribution >= 4 is 45.6 Å². The SMILES string of the molecule is CCCCN1CSC(=S)N(c2cccc(Cl)c2)C1. The van der Waals surface area contributed by atoms with Crippen molar-refractivity contribution in [2.24, 2.45) is 0 Å². The van der Waals surface area contributed by atoms with E-state index in [0.717, 1.165) is 34.1 Å². The first-order chi connectivity index (χ1) is 8.70. The molecule has 1 aliphatic rings. The van der Waals surface area contributed by atoms with Gasteiger partial charge in [0.1, 0.15) is 4.32 Å². The lowest BCUT2D eigenvalue weighted by molar-refractivity contribution is 0.323. The molecule has 1 aromatic rings. The van der Waals surface area contributed by atoms with Gasteiger partial charge in [-0.05, 0) is 24.6 Å². The molecule has 1 aliphatic heterocycles. The third kappa shape index (κ3) is 3.60. The Labute approximate surface area is 123 Å². The maximum Gasteiger partial charge on any atom is 0.143 e. The van der Waals surface area contributed by atoms with Gasteiger partial charge >= 0.3 is 0 Å². The Kier molecular flexibility index (Phi) is 5.30. The minimum Gasteiger partial charge on any atom is -0.314 e. The van der Waals surface area contributed by atoms with E-state index >= 15 is 0 Å². The molecule has 0 N–H and O–H groups in total. The molecule has 0 unspecified atom stereocenters. The molecule has 0 bridgehead atoms. The average molecular weight is 301 g/mol. The first-order valence-corrected chi connectivity index (χ1v) is 7.90. The van der Waals surface area contributed by atoms with Gasteiger partial charge in [0.2, 0.25) is 0 Å². The maximum atomic E-state index is 6.04. The van der Waals surface area contributed by atoms with Crippen LogP contribution in [0.3, 0.4) is 0 Å². The van der Waals surface area contributed by atoms with E-state index < -0.39 is 0 Å². The summed E-state index contributed by atoms with van der Waals surface area (Å²) in [5.41, 5.74) is 1.08. The lowest BCUT2D eigenvalue weighted by Gasteiger charge is -2.36. The summed E-state index contributed by atoms with van der Waals surface area (Å²) in [6.07, 6.45) is 2.46. The number of thiocarbonyl (C=S) groups is 1. The topological polar surface area (TPSA) is 6.48 Å². The van der Waals surface area contributed by atoms with Crippen molar-refractivity contribution in [3.63, 3.8) is 0 Å². The van der Waals surface area contributed by atoms with Crippen LogP contribution in [0.25, 0.3) is 0 Å². The predicted octanol–water partition coefficient (Wildman–Crippen LogP) is 4.20. The van der Waals surface area contributed by atoms with Crippen molar-refractivity contribution in [3.8, 4) is 0 Å². The Bertz CT molecular complexity index is 425. The summed E-state index contributed by atoms with van der Waals surface area (Å²) in [7, 11) is 0. The largest absolute Gasteiger partial charge is 0.314 e. The molecule has 0 saturated carbocycles. The number of hydrogen-bond donors (Lipinski definition) is 0. The van der Waals surface area contributed by atoms with Crippen LogP contribution in [0.2, 0.25) is 5.02 Å². The molecule has 5 heteroatoms. The second-order valence-corrected chi connectivity index (χ2v) is 6.35. The highest BCUT2D eigenvalue weighted by atomic mass is 35.5.